The van der Waals surface area contributed by atoms with E-state index in [1.807, 2.05) is 4.57 Å². The number of unbranched alkanes of at least 4 members (excludes halogenated alkanes) is 2. The highest BCUT2D eigenvalue weighted by molar-refractivity contribution is 9.10. The van der Waals surface area contributed by atoms with Crippen molar-refractivity contribution in [3.05, 3.63) is 10.9 Å². The minimum absolute atomic E-state index is 0.0711. The Labute approximate surface area is 123 Å². The van der Waals surface area contributed by atoms with E-state index < -0.39 is 7.60 Å². The summed E-state index contributed by atoms with van der Waals surface area (Å²) in [7, 11) is -3.88. The van der Waals surface area contributed by atoms with Crippen molar-refractivity contribution in [1.29, 1.82) is 0 Å². The number of aromatic nitrogens is 4. The predicted octanol–water partition coefficient (Wildman–Crippen LogP) is 1.52. The molecule has 10 heteroatoms. The molecule has 8 nitrogen and oxygen atoms in total. The van der Waals surface area contributed by atoms with Crippen molar-refractivity contribution < 1.29 is 14.4 Å². The maximum atomic E-state index is 10.7. The molecule has 0 fully saturated rings. The van der Waals surface area contributed by atoms with E-state index in [4.69, 9.17) is 15.5 Å². The predicted molar refractivity (Wildman–Crippen MR) is 78.2 cm³/mol. The topological polar surface area (TPSA) is 127 Å². The van der Waals surface area contributed by atoms with E-state index in [0.717, 1.165) is 12.8 Å². The third-order valence-electron chi connectivity index (χ3n) is 2.79. The van der Waals surface area contributed by atoms with Crippen molar-refractivity contribution in [3.63, 3.8) is 0 Å². The smallest absolute Gasteiger partial charge is 0.325 e. The van der Waals surface area contributed by atoms with Gasteiger partial charge in [-0.3, -0.25) is 4.57 Å². The fourth-order valence-corrected chi connectivity index (χ4v) is 2.96. The number of fused-ring (bicyclic) bond motifs is 1. The standard InChI is InChI=1S/C10H15BrN5O3P/c11-8-7-9(15-10(12)14-8)16(6-13-7)4-2-1-3-5-20(17,18)19/h6H,1-5H2,(H2,12,14,15)(H2,17,18,19). The van der Waals surface area contributed by atoms with Crippen LogP contribution < -0.4 is 5.73 Å². The number of hydrogen-bond donors (Lipinski definition) is 3. The summed E-state index contributed by atoms with van der Waals surface area (Å²) in [5.41, 5.74) is 6.90. The molecule has 2 aromatic rings. The summed E-state index contributed by atoms with van der Waals surface area (Å²) in [6.45, 7) is 0.667. The molecular weight excluding hydrogens is 349 g/mol. The van der Waals surface area contributed by atoms with Gasteiger partial charge in [-0.15, -0.1) is 0 Å². The molecule has 0 spiro atoms. The van der Waals surface area contributed by atoms with E-state index >= 15 is 0 Å². The van der Waals surface area contributed by atoms with Crippen LogP contribution in [0.1, 0.15) is 19.3 Å². The van der Waals surface area contributed by atoms with E-state index in [2.05, 4.69) is 30.9 Å². The SMILES string of the molecule is Nc1nc(Br)c2ncn(CCCCCP(=O)(O)O)c2n1. The van der Waals surface area contributed by atoms with Gasteiger partial charge in [0.2, 0.25) is 5.95 Å². The number of hydrogen-bond acceptors (Lipinski definition) is 5. The fourth-order valence-electron chi connectivity index (χ4n) is 1.87. The molecule has 2 aromatic heterocycles. The molecule has 0 aliphatic carbocycles. The van der Waals surface area contributed by atoms with Gasteiger partial charge < -0.3 is 20.1 Å². The van der Waals surface area contributed by atoms with Crippen molar-refractivity contribution >= 4 is 40.6 Å². The van der Waals surface area contributed by atoms with E-state index in [1.165, 1.54) is 0 Å². The minimum Gasteiger partial charge on any atom is -0.368 e. The average molecular weight is 364 g/mol. The zero-order valence-electron chi connectivity index (χ0n) is 10.6. The number of aryl methyl sites for hydroxylation is 1. The summed E-state index contributed by atoms with van der Waals surface area (Å²) in [6, 6.07) is 0. The van der Waals surface area contributed by atoms with Crippen molar-refractivity contribution in [2.45, 2.75) is 25.8 Å². The number of nitrogens with zero attached hydrogens (tertiary/aromatic N) is 4. The second-order valence-corrected chi connectivity index (χ2v) is 6.96. The molecule has 4 N–H and O–H groups in total. The summed E-state index contributed by atoms with van der Waals surface area (Å²) in [6.07, 6.45) is 3.60. The highest BCUT2D eigenvalue weighted by Crippen LogP contribution is 2.35. The van der Waals surface area contributed by atoms with Gasteiger partial charge >= 0.3 is 7.60 Å². The largest absolute Gasteiger partial charge is 0.368 e. The van der Waals surface area contributed by atoms with Crippen LogP contribution in [-0.4, -0.2) is 35.5 Å². The average Bonchev–Trinajstić information content (AvgIpc) is 2.70. The molecule has 0 aliphatic heterocycles. The van der Waals surface area contributed by atoms with E-state index in [0.29, 0.717) is 28.7 Å². The van der Waals surface area contributed by atoms with Gasteiger partial charge in [-0.25, -0.2) is 9.97 Å². The van der Waals surface area contributed by atoms with E-state index in [9.17, 15) is 4.57 Å². The molecule has 0 amide bonds. The van der Waals surface area contributed by atoms with Crippen LogP contribution in [-0.2, 0) is 11.1 Å². The number of nitrogens with two attached hydrogens (primary N) is 1. The molecule has 20 heavy (non-hydrogen) atoms. The Morgan fingerprint density at radius 3 is 2.75 bits per heavy atom. The Balaban J connectivity index is 1.95. The number of nitrogen functional groups attached to an aromatic ring is 1. The van der Waals surface area contributed by atoms with Gasteiger partial charge in [-0.2, -0.15) is 4.98 Å². The molecule has 0 atom stereocenters. The van der Waals surface area contributed by atoms with Crippen LogP contribution in [0, 0.1) is 0 Å². The van der Waals surface area contributed by atoms with E-state index in [-0.39, 0.29) is 12.1 Å². The molecule has 0 bridgehead atoms. The summed E-state index contributed by atoms with van der Waals surface area (Å²) in [5, 5.41) is 0. The van der Waals surface area contributed by atoms with Crippen LogP contribution in [0.25, 0.3) is 11.2 Å². The number of imidazole rings is 1. The first-order valence-electron chi connectivity index (χ1n) is 6.05. The molecule has 0 saturated heterocycles. The third-order valence-corrected chi connectivity index (χ3v) is 4.24. The van der Waals surface area contributed by atoms with Crippen LogP contribution >= 0.6 is 23.5 Å². The summed E-state index contributed by atoms with van der Waals surface area (Å²) in [4.78, 5) is 29.9. The Hall–Kier alpha value is -1.02. The Bertz CT molecular complexity index is 656. The third kappa shape index (κ3) is 3.99. The molecule has 110 valence electrons. The van der Waals surface area contributed by atoms with Gasteiger partial charge in [0.1, 0.15) is 10.1 Å². The van der Waals surface area contributed by atoms with Crippen molar-refractivity contribution in [3.8, 4) is 0 Å². The summed E-state index contributed by atoms with van der Waals surface area (Å²) in [5.74, 6) is 0.174. The maximum absolute atomic E-state index is 10.7. The lowest BCUT2D eigenvalue weighted by Crippen LogP contribution is -2.01. The summed E-state index contributed by atoms with van der Waals surface area (Å²) >= 11 is 3.28. The molecule has 0 saturated carbocycles. The van der Waals surface area contributed by atoms with Crippen LogP contribution in [0.5, 0.6) is 0 Å². The van der Waals surface area contributed by atoms with Crippen molar-refractivity contribution in [1.82, 2.24) is 19.5 Å². The maximum Gasteiger partial charge on any atom is 0.325 e. The highest BCUT2D eigenvalue weighted by Gasteiger charge is 2.12. The monoisotopic (exact) mass is 363 g/mol. The summed E-state index contributed by atoms with van der Waals surface area (Å²) < 4.78 is 13.1. The lowest BCUT2D eigenvalue weighted by molar-refractivity contribution is 0.370. The molecular formula is C10H15BrN5O3P. The Morgan fingerprint density at radius 2 is 2.05 bits per heavy atom. The molecule has 2 rings (SSSR count). The van der Waals surface area contributed by atoms with Crippen LogP contribution in [0.15, 0.2) is 10.9 Å². The fraction of sp³-hybridized carbons (Fsp3) is 0.500. The molecule has 0 radical (unpaired) electrons. The van der Waals surface area contributed by atoms with Gasteiger partial charge in [-0.05, 0) is 28.8 Å². The first-order chi connectivity index (χ1) is 9.37. The Morgan fingerprint density at radius 1 is 1.30 bits per heavy atom. The lowest BCUT2D eigenvalue weighted by Gasteiger charge is -2.05. The molecule has 2 heterocycles. The highest BCUT2D eigenvalue weighted by atomic mass is 79.9. The lowest BCUT2D eigenvalue weighted by atomic mass is 10.2. The minimum atomic E-state index is -3.88. The second kappa shape index (κ2) is 6.17. The Kier molecular flexibility index (Phi) is 4.74. The quantitative estimate of drug-likeness (QED) is 0.403. The first-order valence-corrected chi connectivity index (χ1v) is 8.64. The van der Waals surface area contributed by atoms with Gasteiger partial charge in [0.15, 0.2) is 5.65 Å². The van der Waals surface area contributed by atoms with Gasteiger partial charge in [-0.1, -0.05) is 6.42 Å². The number of halogens is 1. The van der Waals surface area contributed by atoms with Crippen LogP contribution in [0.3, 0.4) is 0 Å². The van der Waals surface area contributed by atoms with Gasteiger partial charge in [0, 0.05) is 12.7 Å². The van der Waals surface area contributed by atoms with E-state index in [1.54, 1.807) is 6.33 Å². The second-order valence-electron chi connectivity index (χ2n) is 4.43. The zero-order chi connectivity index (χ0) is 14.8. The molecule has 0 aliphatic rings. The van der Waals surface area contributed by atoms with Crippen LogP contribution in [0.2, 0.25) is 0 Å². The number of anilines is 1. The zero-order valence-corrected chi connectivity index (χ0v) is 13.1. The molecule has 0 aromatic carbocycles. The van der Waals surface area contributed by atoms with Gasteiger partial charge in [0.25, 0.3) is 0 Å². The number of rotatable bonds is 6. The van der Waals surface area contributed by atoms with Gasteiger partial charge in [0.05, 0.1) is 6.33 Å². The first kappa shape index (κ1) is 15.4. The van der Waals surface area contributed by atoms with Crippen LogP contribution in [0.4, 0.5) is 5.95 Å². The molecule has 0 unspecified atom stereocenters. The van der Waals surface area contributed by atoms with Crippen molar-refractivity contribution in [2.24, 2.45) is 0 Å². The normalized spacial score (nSPS) is 12.2. The van der Waals surface area contributed by atoms with Crippen molar-refractivity contribution in [2.75, 3.05) is 11.9 Å².